The van der Waals surface area contributed by atoms with Crippen LogP contribution < -0.4 is 5.32 Å². The Labute approximate surface area is 158 Å². The summed E-state index contributed by atoms with van der Waals surface area (Å²) in [4.78, 5) is 16.6. The first-order valence-corrected chi connectivity index (χ1v) is 9.10. The van der Waals surface area contributed by atoms with Crippen molar-refractivity contribution in [2.45, 2.75) is 6.42 Å². The molecule has 3 nitrogen and oxygen atoms in total. The molecule has 0 aliphatic rings. The Morgan fingerprint density at radius 1 is 1.20 bits per heavy atom. The molecule has 0 saturated heterocycles. The van der Waals surface area contributed by atoms with Crippen LogP contribution in [0, 0.1) is 5.82 Å². The third-order valence-electron chi connectivity index (χ3n) is 3.46. The van der Waals surface area contributed by atoms with E-state index in [1.807, 2.05) is 11.4 Å². The molecule has 1 amide bonds. The molecule has 0 bridgehead atoms. The summed E-state index contributed by atoms with van der Waals surface area (Å²) in [5.74, 6) is -0.576. The summed E-state index contributed by atoms with van der Waals surface area (Å²) in [5, 5.41) is 6.25. The summed E-state index contributed by atoms with van der Waals surface area (Å²) in [6.45, 7) is 0.411. The maximum absolute atomic E-state index is 13.3. The largest absolute Gasteiger partial charge is 0.352 e. The van der Waals surface area contributed by atoms with Crippen LogP contribution >= 0.6 is 34.5 Å². The van der Waals surface area contributed by atoms with E-state index in [-0.39, 0.29) is 11.7 Å². The summed E-state index contributed by atoms with van der Waals surface area (Å²) >= 11 is 13.3. The van der Waals surface area contributed by atoms with E-state index in [9.17, 15) is 9.18 Å². The minimum absolute atomic E-state index is 0.284. The van der Waals surface area contributed by atoms with Crippen molar-refractivity contribution in [2.75, 3.05) is 6.54 Å². The summed E-state index contributed by atoms with van der Waals surface area (Å²) in [7, 11) is 0. The lowest BCUT2D eigenvalue weighted by atomic mass is 10.2. The summed E-state index contributed by atoms with van der Waals surface area (Å²) in [6.07, 6.45) is 0.565. The van der Waals surface area contributed by atoms with Crippen molar-refractivity contribution in [3.63, 3.8) is 0 Å². The van der Waals surface area contributed by atoms with Crippen molar-refractivity contribution >= 4 is 40.4 Å². The number of carbonyl (C=O) groups is 1. The quantitative estimate of drug-likeness (QED) is 0.643. The molecule has 0 atom stereocenters. The maximum atomic E-state index is 13.3. The molecule has 128 valence electrons. The molecule has 0 aliphatic heterocycles. The third-order valence-corrected chi connectivity index (χ3v) is 4.97. The van der Waals surface area contributed by atoms with Gasteiger partial charge in [-0.15, -0.1) is 11.3 Å². The smallest absolute Gasteiger partial charge is 0.252 e. The molecule has 3 rings (SSSR count). The minimum atomic E-state index is -0.292. The van der Waals surface area contributed by atoms with Crippen LogP contribution in [0.3, 0.4) is 0 Å². The van der Waals surface area contributed by atoms with Gasteiger partial charge in [0.2, 0.25) is 0 Å². The van der Waals surface area contributed by atoms with Gasteiger partial charge in [-0.2, -0.15) is 0 Å². The summed E-state index contributed by atoms with van der Waals surface area (Å²) < 4.78 is 13.3. The predicted molar refractivity (Wildman–Crippen MR) is 100 cm³/mol. The number of carbonyl (C=O) groups excluding carboxylic acids is 1. The fraction of sp³-hybridized carbons (Fsp3) is 0.111. The van der Waals surface area contributed by atoms with Crippen molar-refractivity contribution in [1.82, 2.24) is 10.3 Å². The average Bonchev–Trinajstić information content (AvgIpc) is 3.06. The molecule has 0 unspecified atom stereocenters. The fourth-order valence-corrected chi connectivity index (χ4v) is 3.47. The number of nitrogens with one attached hydrogen (secondary N) is 1. The van der Waals surface area contributed by atoms with Crippen molar-refractivity contribution in [2.24, 2.45) is 0 Å². The molecule has 0 radical (unpaired) electrons. The van der Waals surface area contributed by atoms with Gasteiger partial charge < -0.3 is 5.32 Å². The lowest BCUT2D eigenvalue weighted by molar-refractivity contribution is 0.0954. The van der Waals surface area contributed by atoms with Crippen LogP contribution in [0.5, 0.6) is 0 Å². The highest BCUT2D eigenvalue weighted by Gasteiger charge is 2.11. The van der Waals surface area contributed by atoms with Crippen LogP contribution in [-0.2, 0) is 6.42 Å². The Hall–Kier alpha value is -1.95. The zero-order valence-electron chi connectivity index (χ0n) is 12.9. The number of rotatable bonds is 5. The molecule has 1 heterocycles. The number of hydrogen-bond donors (Lipinski definition) is 1. The molecular weight excluding hydrogens is 382 g/mol. The van der Waals surface area contributed by atoms with Crippen LogP contribution in [0.1, 0.15) is 16.1 Å². The van der Waals surface area contributed by atoms with Crippen LogP contribution in [0.2, 0.25) is 10.0 Å². The minimum Gasteiger partial charge on any atom is -0.352 e. The van der Waals surface area contributed by atoms with Crippen LogP contribution in [-0.4, -0.2) is 17.4 Å². The van der Waals surface area contributed by atoms with E-state index in [1.54, 1.807) is 18.2 Å². The monoisotopic (exact) mass is 394 g/mol. The van der Waals surface area contributed by atoms with Crippen LogP contribution in [0.4, 0.5) is 4.39 Å². The van der Waals surface area contributed by atoms with Crippen molar-refractivity contribution in [3.8, 4) is 10.6 Å². The van der Waals surface area contributed by atoms with Gasteiger partial charge in [0.1, 0.15) is 10.8 Å². The highest BCUT2D eigenvalue weighted by atomic mass is 35.5. The maximum Gasteiger partial charge on any atom is 0.252 e. The fourth-order valence-electron chi connectivity index (χ4n) is 2.25. The van der Waals surface area contributed by atoms with Gasteiger partial charge in [0, 0.05) is 28.9 Å². The second-order valence-electron chi connectivity index (χ2n) is 5.28. The van der Waals surface area contributed by atoms with Crippen molar-refractivity contribution in [1.29, 1.82) is 0 Å². The highest BCUT2D eigenvalue weighted by molar-refractivity contribution is 7.13. The molecule has 0 saturated carbocycles. The lowest BCUT2D eigenvalue weighted by Gasteiger charge is -2.06. The Kier molecular flexibility index (Phi) is 5.68. The molecule has 3 aromatic rings. The molecule has 1 aromatic heterocycles. The number of aromatic nitrogens is 1. The van der Waals surface area contributed by atoms with Gasteiger partial charge in [-0.3, -0.25) is 4.79 Å². The average molecular weight is 395 g/mol. The standard InChI is InChI=1S/C18H13Cl2FN2OS/c19-12-4-5-16(20)15(9-12)17(24)22-7-6-14-10-25-18(23-14)11-2-1-3-13(21)8-11/h1-5,8-10H,6-7H2,(H,22,24). The van der Waals surface area contributed by atoms with Gasteiger partial charge in [0.05, 0.1) is 16.3 Å². The Morgan fingerprint density at radius 2 is 2.04 bits per heavy atom. The van der Waals surface area contributed by atoms with E-state index < -0.39 is 0 Å². The van der Waals surface area contributed by atoms with Crippen molar-refractivity contribution < 1.29 is 9.18 Å². The second-order valence-corrected chi connectivity index (χ2v) is 6.99. The van der Waals surface area contributed by atoms with E-state index in [0.717, 1.165) is 16.3 Å². The first kappa shape index (κ1) is 17.9. The van der Waals surface area contributed by atoms with Crippen LogP contribution in [0.25, 0.3) is 10.6 Å². The van der Waals surface area contributed by atoms with Gasteiger partial charge in [0.25, 0.3) is 5.91 Å². The Balaban J connectivity index is 1.59. The SMILES string of the molecule is O=C(NCCc1csc(-c2cccc(F)c2)n1)c1cc(Cl)ccc1Cl. The number of benzene rings is 2. The molecule has 7 heteroatoms. The molecule has 2 aromatic carbocycles. The van der Waals surface area contributed by atoms with E-state index in [4.69, 9.17) is 23.2 Å². The number of halogens is 3. The number of nitrogens with zero attached hydrogens (tertiary/aromatic N) is 1. The third kappa shape index (κ3) is 4.57. The second kappa shape index (κ2) is 7.95. The highest BCUT2D eigenvalue weighted by Crippen LogP contribution is 2.24. The van der Waals surface area contributed by atoms with Gasteiger partial charge in [-0.1, -0.05) is 35.3 Å². The van der Waals surface area contributed by atoms with Crippen LogP contribution in [0.15, 0.2) is 47.8 Å². The molecule has 0 fully saturated rings. The summed E-state index contributed by atoms with van der Waals surface area (Å²) in [6, 6.07) is 11.1. The molecular formula is C18H13Cl2FN2OS. The zero-order chi connectivity index (χ0) is 17.8. The van der Waals surface area contributed by atoms with E-state index in [0.29, 0.717) is 28.6 Å². The van der Waals surface area contributed by atoms with Gasteiger partial charge >= 0.3 is 0 Å². The lowest BCUT2D eigenvalue weighted by Crippen LogP contribution is -2.26. The molecule has 0 spiro atoms. The molecule has 0 aliphatic carbocycles. The zero-order valence-corrected chi connectivity index (χ0v) is 15.3. The van der Waals surface area contributed by atoms with E-state index in [2.05, 4.69) is 10.3 Å². The number of hydrogen-bond acceptors (Lipinski definition) is 3. The molecule has 25 heavy (non-hydrogen) atoms. The number of thiazole rings is 1. The van der Waals surface area contributed by atoms with E-state index >= 15 is 0 Å². The van der Waals surface area contributed by atoms with Crippen molar-refractivity contribution in [3.05, 3.63) is 75.0 Å². The van der Waals surface area contributed by atoms with Gasteiger partial charge in [-0.25, -0.2) is 9.37 Å². The Morgan fingerprint density at radius 3 is 2.84 bits per heavy atom. The van der Waals surface area contributed by atoms with Gasteiger partial charge in [-0.05, 0) is 30.3 Å². The number of amides is 1. The summed E-state index contributed by atoms with van der Waals surface area (Å²) in [5.41, 5.74) is 1.92. The predicted octanol–water partition coefficient (Wildman–Crippen LogP) is 5.23. The topological polar surface area (TPSA) is 42.0 Å². The first-order chi connectivity index (χ1) is 12.0. The molecule has 1 N–H and O–H groups in total. The normalized spacial score (nSPS) is 10.7. The van der Waals surface area contributed by atoms with Gasteiger partial charge in [0.15, 0.2) is 0 Å². The first-order valence-electron chi connectivity index (χ1n) is 7.46. The van der Waals surface area contributed by atoms with E-state index in [1.165, 1.54) is 29.5 Å². The Bertz CT molecular complexity index is 914.